The number of carboxylic acids is 1. The minimum atomic E-state index is -1.03. The molecule has 0 aromatic carbocycles. The molecule has 0 amide bonds. The molecule has 5 heteroatoms. The number of hydrogen-bond donors (Lipinski definition) is 1. The van der Waals surface area contributed by atoms with E-state index in [4.69, 9.17) is 16.3 Å². The van der Waals surface area contributed by atoms with Crippen LogP contribution in [0, 0.1) is 6.92 Å². The lowest BCUT2D eigenvalue weighted by atomic mass is 9.88. The number of halogens is 1. The first-order valence-electron chi connectivity index (χ1n) is 5.37. The fourth-order valence-electron chi connectivity index (χ4n) is 2.11. The van der Waals surface area contributed by atoms with Crippen LogP contribution in [0.2, 0.25) is 5.15 Å². The van der Waals surface area contributed by atoms with Crippen LogP contribution in [-0.4, -0.2) is 21.7 Å². The van der Waals surface area contributed by atoms with E-state index in [1.54, 1.807) is 0 Å². The quantitative estimate of drug-likeness (QED) is 0.784. The Morgan fingerprint density at radius 3 is 2.71 bits per heavy atom. The number of aromatic nitrogens is 1. The van der Waals surface area contributed by atoms with Crippen molar-refractivity contribution in [2.75, 3.05) is 0 Å². The molecule has 92 valence electrons. The van der Waals surface area contributed by atoms with Gasteiger partial charge in [0.2, 0.25) is 0 Å². The summed E-state index contributed by atoms with van der Waals surface area (Å²) in [6.07, 6.45) is 0.535. The van der Waals surface area contributed by atoms with Crippen molar-refractivity contribution in [1.82, 2.24) is 4.98 Å². The van der Waals surface area contributed by atoms with Crippen LogP contribution in [0.5, 0.6) is 0 Å². The molecule has 0 aliphatic carbocycles. The lowest BCUT2D eigenvalue weighted by Gasteiger charge is -2.33. The number of fused-ring (bicyclic) bond motifs is 1. The van der Waals surface area contributed by atoms with Crippen molar-refractivity contribution in [2.24, 2.45) is 0 Å². The maximum absolute atomic E-state index is 11.3. The number of nitrogens with zero attached hydrogens (tertiary/aromatic N) is 1. The molecule has 0 unspecified atom stereocenters. The number of pyridine rings is 1. The second-order valence-corrected chi connectivity index (χ2v) is 5.21. The maximum atomic E-state index is 11.3. The van der Waals surface area contributed by atoms with Gasteiger partial charge in [-0.15, -0.1) is 0 Å². The molecular formula is C12H14ClNO3. The molecule has 0 saturated heterocycles. The summed E-state index contributed by atoms with van der Waals surface area (Å²) in [6.45, 7) is 6.08. The van der Waals surface area contributed by atoms with E-state index in [1.165, 1.54) is 0 Å². The summed E-state index contributed by atoms with van der Waals surface area (Å²) in [4.78, 5) is 15.3. The van der Waals surface area contributed by atoms with Gasteiger partial charge in [0.15, 0.2) is 0 Å². The molecule has 0 fully saturated rings. The zero-order valence-electron chi connectivity index (χ0n) is 10.0. The average molecular weight is 256 g/mol. The van der Waals surface area contributed by atoms with Crippen LogP contribution in [0.25, 0.3) is 0 Å². The fraction of sp³-hybridized carbons (Fsp3) is 0.500. The standard InChI is InChI=1S/C12H14ClNO3/c1-6-8-5-17-12(2,3)4-7(8)9(11(15)16)10(13)14-6/h4-5H2,1-3H3,(H,15,16). The molecule has 0 atom stereocenters. The number of rotatable bonds is 1. The molecule has 2 rings (SSSR count). The SMILES string of the molecule is Cc1nc(Cl)c(C(=O)O)c2c1COC(C)(C)C2. The smallest absolute Gasteiger partial charge is 0.339 e. The topological polar surface area (TPSA) is 59.4 Å². The van der Waals surface area contributed by atoms with Crippen molar-refractivity contribution in [2.45, 2.75) is 39.4 Å². The van der Waals surface area contributed by atoms with E-state index in [0.717, 1.165) is 16.8 Å². The molecule has 2 heterocycles. The van der Waals surface area contributed by atoms with E-state index in [-0.39, 0.29) is 16.3 Å². The van der Waals surface area contributed by atoms with Crippen LogP contribution in [0.1, 0.15) is 41.0 Å². The molecule has 0 saturated carbocycles. The predicted molar refractivity (Wildman–Crippen MR) is 63.5 cm³/mol. The third-order valence-corrected chi connectivity index (χ3v) is 3.27. The van der Waals surface area contributed by atoms with Crippen LogP contribution >= 0.6 is 11.6 Å². The number of ether oxygens (including phenoxy) is 1. The van der Waals surface area contributed by atoms with Crippen molar-refractivity contribution >= 4 is 17.6 Å². The number of aryl methyl sites for hydroxylation is 1. The summed E-state index contributed by atoms with van der Waals surface area (Å²) < 4.78 is 5.67. The highest BCUT2D eigenvalue weighted by molar-refractivity contribution is 6.32. The largest absolute Gasteiger partial charge is 0.478 e. The zero-order valence-corrected chi connectivity index (χ0v) is 10.8. The van der Waals surface area contributed by atoms with Crippen LogP contribution < -0.4 is 0 Å². The molecule has 0 bridgehead atoms. The molecule has 1 aromatic heterocycles. The monoisotopic (exact) mass is 255 g/mol. The first-order chi connectivity index (χ1) is 7.82. The lowest BCUT2D eigenvalue weighted by Crippen LogP contribution is -2.34. The van der Waals surface area contributed by atoms with E-state index in [2.05, 4.69) is 4.98 Å². The normalized spacial score (nSPS) is 17.6. The van der Waals surface area contributed by atoms with Gasteiger partial charge in [0.05, 0.1) is 12.2 Å². The van der Waals surface area contributed by atoms with Gasteiger partial charge in [0, 0.05) is 17.7 Å². The van der Waals surface area contributed by atoms with Crippen LogP contribution in [-0.2, 0) is 17.8 Å². The third kappa shape index (κ3) is 2.15. The Kier molecular flexibility index (Phi) is 2.87. The van der Waals surface area contributed by atoms with E-state index < -0.39 is 5.97 Å². The molecule has 1 N–H and O–H groups in total. The van der Waals surface area contributed by atoms with E-state index in [1.807, 2.05) is 20.8 Å². The van der Waals surface area contributed by atoms with Gasteiger partial charge in [-0.3, -0.25) is 0 Å². The van der Waals surface area contributed by atoms with Crippen LogP contribution in [0.3, 0.4) is 0 Å². The molecule has 17 heavy (non-hydrogen) atoms. The highest BCUT2D eigenvalue weighted by Crippen LogP contribution is 2.33. The Bertz CT molecular complexity index is 497. The Balaban J connectivity index is 2.67. The van der Waals surface area contributed by atoms with Gasteiger partial charge in [-0.05, 0) is 26.3 Å². The van der Waals surface area contributed by atoms with Crippen molar-refractivity contribution in [3.05, 3.63) is 27.5 Å². The molecule has 1 aromatic rings. The van der Waals surface area contributed by atoms with E-state index in [0.29, 0.717) is 13.0 Å². The van der Waals surface area contributed by atoms with Gasteiger partial charge in [0.1, 0.15) is 10.7 Å². The molecular weight excluding hydrogens is 242 g/mol. The summed E-state index contributed by atoms with van der Waals surface area (Å²) in [7, 11) is 0. The Morgan fingerprint density at radius 2 is 2.12 bits per heavy atom. The molecule has 1 aliphatic heterocycles. The number of hydrogen-bond acceptors (Lipinski definition) is 3. The average Bonchev–Trinajstić information content (AvgIpc) is 2.14. The molecule has 0 spiro atoms. The highest BCUT2D eigenvalue weighted by Gasteiger charge is 2.32. The summed E-state index contributed by atoms with van der Waals surface area (Å²) in [5.41, 5.74) is 2.10. The minimum Gasteiger partial charge on any atom is -0.478 e. The Hall–Kier alpha value is -1.13. The lowest BCUT2D eigenvalue weighted by molar-refractivity contribution is -0.0407. The third-order valence-electron chi connectivity index (χ3n) is 3.00. The Labute approximate surface area is 105 Å². The summed E-state index contributed by atoms with van der Waals surface area (Å²) in [5, 5.41) is 9.28. The first-order valence-corrected chi connectivity index (χ1v) is 5.75. The summed E-state index contributed by atoms with van der Waals surface area (Å²) in [5.74, 6) is -1.03. The van der Waals surface area contributed by atoms with Crippen LogP contribution in [0.4, 0.5) is 0 Å². The van der Waals surface area contributed by atoms with Crippen molar-refractivity contribution in [3.63, 3.8) is 0 Å². The molecule has 1 aliphatic rings. The van der Waals surface area contributed by atoms with Crippen molar-refractivity contribution < 1.29 is 14.6 Å². The van der Waals surface area contributed by atoms with Gasteiger partial charge >= 0.3 is 5.97 Å². The van der Waals surface area contributed by atoms with Crippen molar-refractivity contribution in [1.29, 1.82) is 0 Å². The summed E-state index contributed by atoms with van der Waals surface area (Å²) in [6, 6.07) is 0. The van der Waals surface area contributed by atoms with E-state index in [9.17, 15) is 9.90 Å². The maximum Gasteiger partial charge on any atom is 0.339 e. The van der Waals surface area contributed by atoms with Crippen LogP contribution in [0.15, 0.2) is 0 Å². The van der Waals surface area contributed by atoms with Gasteiger partial charge in [-0.25, -0.2) is 9.78 Å². The number of aromatic carboxylic acids is 1. The van der Waals surface area contributed by atoms with Crippen molar-refractivity contribution in [3.8, 4) is 0 Å². The highest BCUT2D eigenvalue weighted by atomic mass is 35.5. The molecule has 0 radical (unpaired) electrons. The number of carboxylic acid groups (broad SMARTS) is 1. The number of carbonyl (C=O) groups is 1. The minimum absolute atomic E-state index is 0.0615. The van der Waals surface area contributed by atoms with Gasteiger partial charge in [0.25, 0.3) is 0 Å². The summed E-state index contributed by atoms with van der Waals surface area (Å²) >= 11 is 5.92. The van der Waals surface area contributed by atoms with Gasteiger partial charge in [-0.1, -0.05) is 11.6 Å². The Morgan fingerprint density at radius 1 is 1.47 bits per heavy atom. The zero-order chi connectivity index (χ0) is 12.8. The van der Waals surface area contributed by atoms with E-state index >= 15 is 0 Å². The molecule has 4 nitrogen and oxygen atoms in total. The van der Waals surface area contributed by atoms with Gasteiger partial charge in [-0.2, -0.15) is 0 Å². The second-order valence-electron chi connectivity index (χ2n) is 4.85. The second kappa shape index (κ2) is 3.96. The fourth-order valence-corrected chi connectivity index (χ4v) is 2.43. The van der Waals surface area contributed by atoms with Gasteiger partial charge < -0.3 is 9.84 Å². The predicted octanol–water partition coefficient (Wildman–Crippen LogP) is 2.59. The first kappa shape index (κ1) is 12.3.